The Labute approximate surface area is 176 Å². The number of hydrogen-bond donors (Lipinski definition) is 1. The number of rotatable bonds is 5. The van der Waals surface area contributed by atoms with Gasteiger partial charge in [-0.3, -0.25) is 4.79 Å². The minimum absolute atomic E-state index is 0.212. The number of halogens is 1. The molecule has 1 heterocycles. The highest BCUT2D eigenvalue weighted by atomic mass is 19.1. The van der Waals surface area contributed by atoms with Crippen molar-refractivity contribution in [3.05, 3.63) is 94.5 Å². The SMILES string of the molecule is COc1ccc(-c2ccc(Cn3cc(OC(=O)O)c(=O)c4c(F)cccc43)cc2)cc1. The summed E-state index contributed by atoms with van der Waals surface area (Å²) in [5.41, 5.74) is 2.47. The first-order valence-electron chi connectivity index (χ1n) is 9.42. The van der Waals surface area contributed by atoms with Gasteiger partial charge in [0.05, 0.1) is 24.2 Å². The number of ether oxygens (including phenoxy) is 2. The normalized spacial score (nSPS) is 10.8. The van der Waals surface area contributed by atoms with E-state index in [4.69, 9.17) is 9.84 Å². The molecule has 1 aromatic heterocycles. The molecule has 0 bridgehead atoms. The van der Waals surface area contributed by atoms with Gasteiger partial charge < -0.3 is 19.1 Å². The zero-order valence-corrected chi connectivity index (χ0v) is 16.5. The van der Waals surface area contributed by atoms with E-state index in [0.717, 1.165) is 28.5 Å². The molecule has 0 aliphatic rings. The molecule has 0 saturated carbocycles. The maximum Gasteiger partial charge on any atom is 0.511 e. The molecule has 3 aromatic carbocycles. The fourth-order valence-corrected chi connectivity index (χ4v) is 3.45. The summed E-state index contributed by atoms with van der Waals surface area (Å²) in [7, 11) is 1.61. The summed E-state index contributed by atoms with van der Waals surface area (Å²) in [4.78, 5) is 23.4. The highest BCUT2D eigenvalue weighted by molar-refractivity contribution is 5.81. The molecule has 6 nitrogen and oxygen atoms in total. The standard InChI is InChI=1S/C24H18FNO5/c1-30-18-11-9-17(10-12-18)16-7-5-15(6-8-16)13-26-14-21(31-24(28)29)23(27)22-19(25)3-2-4-20(22)26/h2-12,14H,13H2,1H3,(H,28,29). The minimum Gasteiger partial charge on any atom is -0.497 e. The Hall–Kier alpha value is -4.13. The predicted octanol–water partition coefficient (Wildman–Crippen LogP) is 4.92. The van der Waals surface area contributed by atoms with Gasteiger partial charge in [-0.1, -0.05) is 42.5 Å². The molecule has 0 aliphatic heterocycles. The summed E-state index contributed by atoms with van der Waals surface area (Å²) in [6.07, 6.45) is -0.349. The molecule has 4 rings (SSSR count). The Morgan fingerprint density at radius 1 is 1.00 bits per heavy atom. The maximum absolute atomic E-state index is 14.4. The van der Waals surface area contributed by atoms with Crippen LogP contribution < -0.4 is 14.9 Å². The van der Waals surface area contributed by atoms with Crippen LogP contribution in [0.4, 0.5) is 9.18 Å². The van der Waals surface area contributed by atoms with Gasteiger partial charge in [-0.05, 0) is 41.0 Å². The zero-order valence-electron chi connectivity index (χ0n) is 16.5. The Kier molecular flexibility index (Phi) is 5.41. The van der Waals surface area contributed by atoms with Gasteiger partial charge in [0.1, 0.15) is 11.6 Å². The third-order valence-electron chi connectivity index (χ3n) is 4.95. The smallest absolute Gasteiger partial charge is 0.497 e. The van der Waals surface area contributed by atoms with Gasteiger partial charge in [0.2, 0.25) is 5.43 Å². The Balaban J connectivity index is 1.70. The topological polar surface area (TPSA) is 77.8 Å². The van der Waals surface area contributed by atoms with E-state index >= 15 is 0 Å². The molecule has 0 fully saturated rings. The van der Waals surface area contributed by atoms with E-state index in [0.29, 0.717) is 12.1 Å². The number of aromatic nitrogens is 1. The van der Waals surface area contributed by atoms with Crippen LogP contribution in [0, 0.1) is 5.82 Å². The molecule has 0 spiro atoms. The second-order valence-corrected chi connectivity index (χ2v) is 6.88. The minimum atomic E-state index is -1.64. The molecule has 7 heteroatoms. The van der Waals surface area contributed by atoms with Crippen LogP contribution in [0.1, 0.15) is 5.56 Å². The molecule has 31 heavy (non-hydrogen) atoms. The third-order valence-corrected chi connectivity index (χ3v) is 4.95. The number of pyridine rings is 1. The van der Waals surface area contributed by atoms with Gasteiger partial charge in [0.15, 0.2) is 5.75 Å². The van der Waals surface area contributed by atoms with Crippen LogP contribution in [-0.4, -0.2) is 22.9 Å². The van der Waals surface area contributed by atoms with Crippen molar-refractivity contribution >= 4 is 17.1 Å². The quantitative estimate of drug-likeness (QED) is 0.465. The number of carbonyl (C=O) groups is 1. The van der Waals surface area contributed by atoms with E-state index in [1.165, 1.54) is 12.3 Å². The van der Waals surface area contributed by atoms with Gasteiger partial charge in [0, 0.05) is 6.54 Å². The van der Waals surface area contributed by atoms with Crippen molar-refractivity contribution in [1.82, 2.24) is 4.57 Å². The van der Waals surface area contributed by atoms with Crippen molar-refractivity contribution in [1.29, 1.82) is 0 Å². The highest BCUT2D eigenvalue weighted by Gasteiger charge is 2.16. The van der Waals surface area contributed by atoms with Crippen molar-refractivity contribution in [3.8, 4) is 22.6 Å². The maximum atomic E-state index is 14.4. The van der Waals surface area contributed by atoms with Crippen molar-refractivity contribution in [2.75, 3.05) is 7.11 Å². The summed E-state index contributed by atoms with van der Waals surface area (Å²) in [5.74, 6) is -0.404. The molecule has 0 radical (unpaired) electrons. The van der Waals surface area contributed by atoms with E-state index in [2.05, 4.69) is 4.74 Å². The van der Waals surface area contributed by atoms with Crippen LogP contribution in [0.25, 0.3) is 22.0 Å². The second kappa shape index (κ2) is 8.31. The molecule has 0 saturated heterocycles. The number of carboxylic acid groups (broad SMARTS) is 1. The zero-order chi connectivity index (χ0) is 22.0. The van der Waals surface area contributed by atoms with Crippen LogP contribution in [0.5, 0.6) is 11.5 Å². The number of fused-ring (bicyclic) bond motifs is 1. The number of benzene rings is 3. The molecule has 0 amide bonds. The van der Waals surface area contributed by atoms with E-state index in [9.17, 15) is 14.0 Å². The Morgan fingerprint density at radius 3 is 2.26 bits per heavy atom. The molecule has 1 N–H and O–H groups in total. The highest BCUT2D eigenvalue weighted by Crippen LogP contribution is 2.24. The van der Waals surface area contributed by atoms with Crippen molar-refractivity contribution in [2.24, 2.45) is 0 Å². The van der Waals surface area contributed by atoms with Crippen LogP contribution in [-0.2, 0) is 6.54 Å². The molecule has 0 aliphatic carbocycles. The fourth-order valence-electron chi connectivity index (χ4n) is 3.45. The monoisotopic (exact) mass is 419 g/mol. The van der Waals surface area contributed by atoms with E-state index in [1.807, 2.05) is 48.5 Å². The van der Waals surface area contributed by atoms with Gasteiger partial charge in [0.25, 0.3) is 0 Å². The Morgan fingerprint density at radius 2 is 1.65 bits per heavy atom. The fraction of sp³-hybridized carbons (Fsp3) is 0.0833. The number of methoxy groups -OCH3 is 1. The van der Waals surface area contributed by atoms with Gasteiger partial charge in [-0.15, -0.1) is 0 Å². The lowest BCUT2D eigenvalue weighted by molar-refractivity contribution is 0.144. The average Bonchev–Trinajstić information content (AvgIpc) is 2.77. The van der Waals surface area contributed by atoms with Crippen molar-refractivity contribution in [2.45, 2.75) is 6.54 Å². The summed E-state index contributed by atoms with van der Waals surface area (Å²) in [6, 6.07) is 19.7. The van der Waals surface area contributed by atoms with Gasteiger partial charge >= 0.3 is 6.16 Å². The van der Waals surface area contributed by atoms with Crippen molar-refractivity contribution < 1.29 is 23.8 Å². The summed E-state index contributed by atoms with van der Waals surface area (Å²) in [5, 5.41) is 8.70. The summed E-state index contributed by atoms with van der Waals surface area (Å²) in [6.45, 7) is 0.291. The third kappa shape index (κ3) is 4.11. The number of nitrogens with zero attached hydrogens (tertiary/aromatic N) is 1. The molecule has 4 aromatic rings. The molecule has 0 unspecified atom stereocenters. The second-order valence-electron chi connectivity index (χ2n) is 6.88. The lowest BCUT2D eigenvalue weighted by Crippen LogP contribution is -2.17. The van der Waals surface area contributed by atoms with Crippen LogP contribution in [0.3, 0.4) is 0 Å². The summed E-state index contributed by atoms with van der Waals surface area (Å²) < 4.78 is 25.7. The number of hydrogen-bond acceptors (Lipinski definition) is 4. The predicted molar refractivity (Wildman–Crippen MR) is 114 cm³/mol. The molecule has 0 atom stereocenters. The first-order chi connectivity index (χ1) is 15.0. The van der Waals surface area contributed by atoms with Crippen molar-refractivity contribution in [3.63, 3.8) is 0 Å². The molecular weight excluding hydrogens is 401 g/mol. The average molecular weight is 419 g/mol. The molecule has 156 valence electrons. The lowest BCUT2D eigenvalue weighted by atomic mass is 10.0. The van der Waals surface area contributed by atoms with Gasteiger partial charge in [-0.25, -0.2) is 9.18 Å². The summed E-state index contributed by atoms with van der Waals surface area (Å²) >= 11 is 0. The van der Waals surface area contributed by atoms with Crippen LogP contribution in [0.15, 0.2) is 77.7 Å². The van der Waals surface area contributed by atoms with E-state index < -0.39 is 23.2 Å². The first kappa shape index (κ1) is 20.2. The largest absolute Gasteiger partial charge is 0.511 e. The molecular formula is C24H18FNO5. The van der Waals surface area contributed by atoms with Gasteiger partial charge in [-0.2, -0.15) is 0 Å². The lowest BCUT2D eigenvalue weighted by Gasteiger charge is -2.14. The van der Waals surface area contributed by atoms with Crippen LogP contribution >= 0.6 is 0 Å². The van der Waals surface area contributed by atoms with E-state index in [1.54, 1.807) is 17.7 Å². The Bertz CT molecular complexity index is 1310. The van der Waals surface area contributed by atoms with Crippen LogP contribution in [0.2, 0.25) is 0 Å². The first-order valence-corrected chi connectivity index (χ1v) is 9.42. The van der Waals surface area contributed by atoms with E-state index in [-0.39, 0.29) is 5.39 Å².